The molecule has 0 amide bonds. The van der Waals surface area contributed by atoms with Gasteiger partial charge in [-0.1, -0.05) is 17.7 Å². The van der Waals surface area contributed by atoms with Gasteiger partial charge in [-0.2, -0.15) is 0 Å². The van der Waals surface area contributed by atoms with E-state index in [-0.39, 0.29) is 6.61 Å². The third-order valence-corrected chi connectivity index (χ3v) is 3.95. The number of ether oxygens (including phenoxy) is 1. The van der Waals surface area contributed by atoms with Gasteiger partial charge in [-0.05, 0) is 32.0 Å². The van der Waals surface area contributed by atoms with Crippen molar-refractivity contribution >= 4 is 28.3 Å². The lowest BCUT2D eigenvalue weighted by Gasteiger charge is -2.02. The molecule has 7 heteroatoms. The molecule has 0 radical (unpaired) electrons. The summed E-state index contributed by atoms with van der Waals surface area (Å²) in [6.07, 6.45) is 1.59. The summed E-state index contributed by atoms with van der Waals surface area (Å²) in [5.41, 5.74) is 2.31. The van der Waals surface area contributed by atoms with Crippen LogP contribution < -0.4 is 4.74 Å². The number of hydrogen-bond acceptors (Lipinski definition) is 5. The van der Waals surface area contributed by atoms with E-state index in [9.17, 15) is 0 Å². The highest BCUT2D eigenvalue weighted by molar-refractivity contribution is 6.30. The molecular weight excluding hydrogens is 316 g/mol. The summed E-state index contributed by atoms with van der Waals surface area (Å²) < 4.78 is 12.9. The molecule has 0 saturated heterocycles. The number of hydrogen-bond donors (Lipinski definition) is 0. The number of nitrogens with zero attached hydrogens (tertiary/aromatic N) is 4. The number of benzene rings is 1. The van der Waals surface area contributed by atoms with Gasteiger partial charge in [-0.25, -0.2) is 14.5 Å². The van der Waals surface area contributed by atoms with E-state index < -0.39 is 0 Å². The Labute approximate surface area is 136 Å². The maximum atomic E-state index is 5.94. The van der Waals surface area contributed by atoms with Crippen LogP contribution in [-0.2, 0) is 6.61 Å². The van der Waals surface area contributed by atoms with Gasteiger partial charge < -0.3 is 9.15 Å². The molecule has 0 aliphatic rings. The second kappa shape index (κ2) is 5.24. The molecule has 3 aromatic heterocycles. The maximum Gasteiger partial charge on any atom is 0.231 e. The fourth-order valence-corrected chi connectivity index (χ4v) is 2.63. The SMILES string of the molecule is Cc1oc2ncn3nc(COc4cccc(Cl)c4)nc3c2c1C. The van der Waals surface area contributed by atoms with Crippen LogP contribution in [0.3, 0.4) is 0 Å². The van der Waals surface area contributed by atoms with Crippen LogP contribution in [0.15, 0.2) is 35.0 Å². The first-order valence-electron chi connectivity index (χ1n) is 7.10. The average molecular weight is 329 g/mol. The number of furan rings is 1. The summed E-state index contributed by atoms with van der Waals surface area (Å²) in [6.45, 7) is 4.14. The van der Waals surface area contributed by atoms with Crippen molar-refractivity contribution in [3.05, 3.63) is 52.8 Å². The van der Waals surface area contributed by atoms with Crippen molar-refractivity contribution in [2.24, 2.45) is 0 Å². The van der Waals surface area contributed by atoms with Gasteiger partial charge in [0.1, 0.15) is 24.4 Å². The van der Waals surface area contributed by atoms with Crippen LogP contribution in [0, 0.1) is 13.8 Å². The van der Waals surface area contributed by atoms with Crippen molar-refractivity contribution in [3.8, 4) is 5.75 Å². The summed E-state index contributed by atoms with van der Waals surface area (Å²) in [5, 5.41) is 5.90. The van der Waals surface area contributed by atoms with Crippen molar-refractivity contribution in [3.63, 3.8) is 0 Å². The van der Waals surface area contributed by atoms with Crippen LogP contribution in [0.2, 0.25) is 5.02 Å². The molecule has 0 N–H and O–H groups in total. The van der Waals surface area contributed by atoms with Gasteiger partial charge in [0, 0.05) is 10.6 Å². The van der Waals surface area contributed by atoms with Crippen molar-refractivity contribution in [1.29, 1.82) is 0 Å². The molecule has 0 aliphatic carbocycles. The van der Waals surface area contributed by atoms with Gasteiger partial charge in [0.2, 0.25) is 5.71 Å². The van der Waals surface area contributed by atoms with Crippen LogP contribution in [-0.4, -0.2) is 19.6 Å². The third-order valence-electron chi connectivity index (χ3n) is 3.71. The molecule has 0 saturated carbocycles. The normalized spacial score (nSPS) is 11.4. The van der Waals surface area contributed by atoms with Crippen molar-refractivity contribution < 1.29 is 9.15 Å². The lowest BCUT2D eigenvalue weighted by molar-refractivity contribution is 0.296. The van der Waals surface area contributed by atoms with Crippen LogP contribution in [0.5, 0.6) is 5.75 Å². The highest BCUT2D eigenvalue weighted by Crippen LogP contribution is 2.26. The van der Waals surface area contributed by atoms with Crippen LogP contribution in [0.4, 0.5) is 0 Å². The molecule has 1 aromatic carbocycles. The Morgan fingerprint density at radius 2 is 2.17 bits per heavy atom. The van der Waals surface area contributed by atoms with E-state index in [0.717, 1.165) is 16.7 Å². The van der Waals surface area contributed by atoms with E-state index in [1.54, 1.807) is 23.0 Å². The molecule has 6 nitrogen and oxygen atoms in total. The number of aryl methyl sites for hydroxylation is 2. The molecule has 3 heterocycles. The Bertz CT molecular complexity index is 1020. The lowest BCUT2D eigenvalue weighted by atomic mass is 10.2. The summed E-state index contributed by atoms with van der Waals surface area (Å²) in [7, 11) is 0. The molecule has 0 bridgehead atoms. The van der Waals surface area contributed by atoms with Crippen LogP contribution >= 0.6 is 11.6 Å². The lowest BCUT2D eigenvalue weighted by Crippen LogP contribution is -1.98. The second-order valence-electron chi connectivity index (χ2n) is 5.25. The van der Waals surface area contributed by atoms with E-state index in [1.807, 2.05) is 26.0 Å². The van der Waals surface area contributed by atoms with E-state index in [4.69, 9.17) is 20.8 Å². The van der Waals surface area contributed by atoms with Gasteiger partial charge in [0.15, 0.2) is 11.5 Å². The molecule has 4 rings (SSSR count). The predicted molar refractivity (Wildman–Crippen MR) is 85.8 cm³/mol. The molecule has 4 aromatic rings. The molecular formula is C16H13ClN4O2. The summed E-state index contributed by atoms with van der Waals surface area (Å²) >= 11 is 5.94. The minimum Gasteiger partial charge on any atom is -0.485 e. The molecule has 116 valence electrons. The van der Waals surface area contributed by atoms with Gasteiger partial charge in [-0.15, -0.1) is 5.10 Å². The predicted octanol–water partition coefficient (Wildman–Crippen LogP) is 3.72. The number of fused-ring (bicyclic) bond motifs is 3. The topological polar surface area (TPSA) is 65.5 Å². The van der Waals surface area contributed by atoms with Gasteiger partial charge >= 0.3 is 0 Å². The second-order valence-corrected chi connectivity index (χ2v) is 5.69. The molecule has 0 atom stereocenters. The zero-order valence-corrected chi connectivity index (χ0v) is 13.3. The highest BCUT2D eigenvalue weighted by Gasteiger charge is 2.15. The largest absolute Gasteiger partial charge is 0.485 e. The fraction of sp³-hybridized carbons (Fsp3) is 0.188. The van der Waals surface area contributed by atoms with Crippen molar-refractivity contribution in [2.75, 3.05) is 0 Å². The first-order valence-corrected chi connectivity index (χ1v) is 7.48. The molecule has 0 aliphatic heterocycles. The zero-order valence-electron chi connectivity index (χ0n) is 12.6. The molecule has 0 spiro atoms. The summed E-state index contributed by atoms with van der Waals surface area (Å²) in [6, 6.07) is 7.22. The standard InChI is InChI=1S/C16H13ClN4O2/c1-9-10(2)23-16-14(9)15-19-13(20-21(15)8-18-16)7-22-12-5-3-4-11(17)6-12/h3-6,8H,7H2,1-2H3. The molecule has 0 fully saturated rings. The maximum absolute atomic E-state index is 5.94. The fourth-order valence-electron chi connectivity index (χ4n) is 2.45. The zero-order chi connectivity index (χ0) is 16.0. The summed E-state index contributed by atoms with van der Waals surface area (Å²) in [4.78, 5) is 8.82. The number of aromatic nitrogens is 4. The minimum absolute atomic E-state index is 0.249. The van der Waals surface area contributed by atoms with Crippen LogP contribution in [0.25, 0.3) is 16.7 Å². The van der Waals surface area contributed by atoms with Gasteiger partial charge in [0.05, 0.1) is 5.39 Å². The van der Waals surface area contributed by atoms with Crippen molar-refractivity contribution in [1.82, 2.24) is 19.6 Å². The van der Waals surface area contributed by atoms with Crippen LogP contribution in [0.1, 0.15) is 17.1 Å². The Hall–Kier alpha value is -2.60. The molecule has 23 heavy (non-hydrogen) atoms. The van der Waals surface area contributed by atoms with E-state index >= 15 is 0 Å². The Kier molecular flexibility index (Phi) is 3.20. The summed E-state index contributed by atoms with van der Waals surface area (Å²) in [5.74, 6) is 2.08. The first kappa shape index (κ1) is 14.0. The first-order chi connectivity index (χ1) is 11.1. The van der Waals surface area contributed by atoms with E-state index in [0.29, 0.717) is 28.0 Å². The Balaban J connectivity index is 1.70. The average Bonchev–Trinajstić information content (AvgIpc) is 3.06. The van der Waals surface area contributed by atoms with Gasteiger partial charge in [0.25, 0.3) is 0 Å². The molecule has 0 unspecified atom stereocenters. The Morgan fingerprint density at radius 3 is 3.00 bits per heavy atom. The highest BCUT2D eigenvalue weighted by atomic mass is 35.5. The number of rotatable bonds is 3. The van der Waals surface area contributed by atoms with Crippen molar-refractivity contribution in [2.45, 2.75) is 20.5 Å². The van der Waals surface area contributed by atoms with Gasteiger partial charge in [-0.3, -0.25) is 0 Å². The Morgan fingerprint density at radius 1 is 1.30 bits per heavy atom. The quantitative estimate of drug-likeness (QED) is 0.573. The number of halogens is 1. The minimum atomic E-state index is 0.249. The van der Waals surface area contributed by atoms with E-state index in [2.05, 4.69) is 15.1 Å². The monoisotopic (exact) mass is 328 g/mol. The third kappa shape index (κ3) is 2.41. The van der Waals surface area contributed by atoms with E-state index in [1.165, 1.54) is 0 Å². The smallest absolute Gasteiger partial charge is 0.231 e.